The van der Waals surface area contributed by atoms with Crippen LogP contribution in [0.5, 0.6) is 0 Å². The third-order valence-electron chi connectivity index (χ3n) is 3.44. The van der Waals surface area contributed by atoms with Crippen LogP contribution in [0.3, 0.4) is 0 Å². The Morgan fingerprint density at radius 3 is 2.77 bits per heavy atom. The van der Waals surface area contributed by atoms with E-state index in [0.717, 1.165) is 28.1 Å². The molecule has 0 atom stereocenters. The highest BCUT2D eigenvalue weighted by Gasteiger charge is 2.09. The van der Waals surface area contributed by atoms with Crippen LogP contribution in [-0.2, 0) is 0 Å². The molecular weight excluding hydrogens is 274 g/mol. The Labute approximate surface area is 129 Å². The zero-order chi connectivity index (χ0) is 15.7. The van der Waals surface area contributed by atoms with Gasteiger partial charge in [-0.1, -0.05) is 0 Å². The smallest absolute Gasteiger partial charge is 0.145 e. The van der Waals surface area contributed by atoms with Crippen LogP contribution in [0.2, 0.25) is 0 Å². The summed E-state index contributed by atoms with van der Waals surface area (Å²) >= 11 is 0. The van der Waals surface area contributed by atoms with Gasteiger partial charge in [0.1, 0.15) is 17.5 Å². The third-order valence-corrected chi connectivity index (χ3v) is 3.44. The largest absolute Gasteiger partial charge is 0.383 e. The number of aryl methyl sites for hydroxylation is 1. The molecule has 0 aliphatic rings. The fraction of sp³-hybridized carbons (Fsp3) is 0.235. The number of fused-ring (bicyclic) bond motifs is 1. The van der Waals surface area contributed by atoms with E-state index in [-0.39, 0.29) is 0 Å². The molecule has 22 heavy (non-hydrogen) atoms. The van der Waals surface area contributed by atoms with Crippen molar-refractivity contribution in [3.05, 3.63) is 47.9 Å². The topological polar surface area (TPSA) is 66.5 Å². The lowest BCUT2D eigenvalue weighted by Gasteiger charge is -2.14. The van der Waals surface area contributed by atoms with Gasteiger partial charge in [-0.3, -0.25) is 4.57 Å². The number of hydrogen-bond acceptors (Lipinski definition) is 4. The molecule has 3 aromatic heterocycles. The maximum absolute atomic E-state index is 8.95. The lowest BCUT2D eigenvalue weighted by Crippen LogP contribution is -2.11. The van der Waals surface area contributed by atoms with E-state index in [1.165, 1.54) is 0 Å². The molecule has 0 saturated heterocycles. The molecule has 3 heterocycles. The second-order valence-corrected chi connectivity index (χ2v) is 5.59. The number of hydrogen-bond donors (Lipinski definition) is 1. The number of rotatable bonds is 3. The van der Waals surface area contributed by atoms with Gasteiger partial charge in [0.05, 0.1) is 5.56 Å². The fourth-order valence-electron chi connectivity index (χ4n) is 2.38. The summed E-state index contributed by atoms with van der Waals surface area (Å²) in [6.45, 7) is 6.25. The number of pyridine rings is 2. The summed E-state index contributed by atoms with van der Waals surface area (Å²) in [5.74, 6) is 0.806. The molecule has 0 aliphatic heterocycles. The first-order valence-corrected chi connectivity index (χ1v) is 7.19. The van der Waals surface area contributed by atoms with E-state index >= 15 is 0 Å². The molecule has 3 aromatic rings. The SMILES string of the molecule is Cc1cnc(-n2ccc3cc(C#N)cnc32)cc1NC(C)C. The van der Waals surface area contributed by atoms with Gasteiger partial charge in [-0.25, -0.2) is 9.97 Å². The Balaban J connectivity index is 2.10. The normalized spacial score (nSPS) is 10.9. The highest BCUT2D eigenvalue weighted by molar-refractivity contribution is 5.79. The first-order valence-electron chi connectivity index (χ1n) is 7.19. The molecule has 0 saturated carbocycles. The van der Waals surface area contributed by atoms with Crippen molar-refractivity contribution < 1.29 is 0 Å². The highest BCUT2D eigenvalue weighted by Crippen LogP contribution is 2.22. The highest BCUT2D eigenvalue weighted by atomic mass is 15.1. The second kappa shape index (κ2) is 5.49. The average molecular weight is 291 g/mol. The molecule has 0 amide bonds. The summed E-state index contributed by atoms with van der Waals surface area (Å²) in [6, 6.07) is 8.26. The molecule has 5 heteroatoms. The second-order valence-electron chi connectivity index (χ2n) is 5.59. The Kier molecular flexibility index (Phi) is 3.51. The molecule has 110 valence electrons. The Morgan fingerprint density at radius 2 is 2.05 bits per heavy atom. The Hall–Kier alpha value is -2.87. The van der Waals surface area contributed by atoms with E-state index in [4.69, 9.17) is 5.26 Å². The van der Waals surface area contributed by atoms with Crippen molar-refractivity contribution in [2.45, 2.75) is 26.8 Å². The lowest BCUT2D eigenvalue weighted by atomic mass is 10.2. The molecule has 0 fully saturated rings. The predicted octanol–water partition coefficient (Wildman–Crippen LogP) is 3.42. The Bertz CT molecular complexity index is 870. The van der Waals surface area contributed by atoms with Gasteiger partial charge in [0.15, 0.2) is 0 Å². The van der Waals surface area contributed by atoms with Crippen molar-refractivity contribution in [3.63, 3.8) is 0 Å². The number of anilines is 1. The summed E-state index contributed by atoms with van der Waals surface area (Å²) in [4.78, 5) is 8.88. The average Bonchev–Trinajstić information content (AvgIpc) is 2.92. The van der Waals surface area contributed by atoms with E-state index in [1.54, 1.807) is 6.20 Å². The van der Waals surface area contributed by atoms with Gasteiger partial charge in [0, 0.05) is 41.8 Å². The van der Waals surface area contributed by atoms with E-state index in [9.17, 15) is 0 Å². The van der Waals surface area contributed by atoms with Gasteiger partial charge in [0.2, 0.25) is 0 Å². The van der Waals surface area contributed by atoms with Crippen LogP contribution in [0.1, 0.15) is 25.0 Å². The number of nitriles is 1. The Morgan fingerprint density at radius 1 is 1.23 bits per heavy atom. The summed E-state index contributed by atoms with van der Waals surface area (Å²) in [5.41, 5.74) is 3.53. The van der Waals surface area contributed by atoms with Crippen molar-refractivity contribution in [2.24, 2.45) is 0 Å². The maximum Gasteiger partial charge on any atom is 0.145 e. The van der Waals surface area contributed by atoms with Gasteiger partial charge >= 0.3 is 0 Å². The first kappa shape index (κ1) is 14.1. The predicted molar refractivity (Wildman–Crippen MR) is 87.1 cm³/mol. The summed E-state index contributed by atoms with van der Waals surface area (Å²) in [7, 11) is 0. The van der Waals surface area contributed by atoms with E-state index < -0.39 is 0 Å². The third kappa shape index (κ3) is 2.51. The first-order chi connectivity index (χ1) is 10.6. The molecule has 0 spiro atoms. The molecule has 5 nitrogen and oxygen atoms in total. The van der Waals surface area contributed by atoms with Crippen LogP contribution in [0.4, 0.5) is 5.69 Å². The number of aromatic nitrogens is 3. The minimum absolute atomic E-state index is 0.353. The van der Waals surface area contributed by atoms with Crippen LogP contribution in [0.25, 0.3) is 16.9 Å². The van der Waals surface area contributed by atoms with Crippen molar-refractivity contribution in [2.75, 3.05) is 5.32 Å². The van der Waals surface area contributed by atoms with Crippen molar-refractivity contribution >= 4 is 16.7 Å². The van der Waals surface area contributed by atoms with E-state index in [0.29, 0.717) is 11.6 Å². The lowest BCUT2D eigenvalue weighted by molar-refractivity contribution is 0.893. The summed E-state index contributed by atoms with van der Waals surface area (Å²) in [6.07, 6.45) is 5.37. The maximum atomic E-state index is 8.95. The van der Waals surface area contributed by atoms with Crippen LogP contribution in [0, 0.1) is 18.3 Å². The molecule has 0 bridgehead atoms. The van der Waals surface area contributed by atoms with E-state index in [1.807, 2.05) is 42.1 Å². The van der Waals surface area contributed by atoms with Gasteiger partial charge in [0.25, 0.3) is 0 Å². The standard InChI is InChI=1S/C17H17N5/c1-11(2)21-15-7-16(19-9-12(15)3)22-5-4-14-6-13(8-18)10-20-17(14)22/h4-7,9-11H,1-3H3,(H,19,21). The quantitative estimate of drug-likeness (QED) is 0.803. The van der Waals surface area contributed by atoms with Gasteiger partial charge < -0.3 is 5.32 Å². The summed E-state index contributed by atoms with van der Waals surface area (Å²) < 4.78 is 1.93. The molecular formula is C17H17N5. The van der Waals surface area contributed by atoms with Gasteiger partial charge in [-0.05, 0) is 38.5 Å². The minimum atomic E-state index is 0.353. The molecule has 0 unspecified atom stereocenters. The van der Waals surface area contributed by atoms with Gasteiger partial charge in [-0.15, -0.1) is 0 Å². The molecule has 0 radical (unpaired) electrons. The molecule has 0 aliphatic carbocycles. The van der Waals surface area contributed by atoms with Crippen molar-refractivity contribution in [1.82, 2.24) is 14.5 Å². The fourth-order valence-corrected chi connectivity index (χ4v) is 2.38. The zero-order valence-corrected chi connectivity index (χ0v) is 12.8. The summed E-state index contributed by atoms with van der Waals surface area (Å²) in [5, 5.41) is 13.3. The molecule has 0 aromatic carbocycles. The minimum Gasteiger partial charge on any atom is -0.383 e. The van der Waals surface area contributed by atoms with Crippen LogP contribution in [-0.4, -0.2) is 20.6 Å². The number of nitrogens with zero attached hydrogens (tertiary/aromatic N) is 4. The van der Waals surface area contributed by atoms with E-state index in [2.05, 4.69) is 35.2 Å². The van der Waals surface area contributed by atoms with Crippen LogP contribution in [0.15, 0.2) is 36.8 Å². The van der Waals surface area contributed by atoms with Crippen molar-refractivity contribution in [1.29, 1.82) is 5.26 Å². The van der Waals surface area contributed by atoms with Crippen molar-refractivity contribution in [3.8, 4) is 11.9 Å². The van der Waals surface area contributed by atoms with Gasteiger partial charge in [-0.2, -0.15) is 5.26 Å². The monoisotopic (exact) mass is 291 g/mol. The zero-order valence-electron chi connectivity index (χ0n) is 12.8. The molecule has 1 N–H and O–H groups in total. The van der Waals surface area contributed by atoms with Crippen LogP contribution < -0.4 is 5.32 Å². The number of nitrogens with one attached hydrogen (secondary N) is 1. The molecule has 3 rings (SSSR count). The van der Waals surface area contributed by atoms with Crippen LogP contribution >= 0.6 is 0 Å².